The van der Waals surface area contributed by atoms with Crippen LogP contribution < -0.4 is 16.8 Å². The van der Waals surface area contributed by atoms with Crippen LogP contribution in [0.1, 0.15) is 33.1 Å². The summed E-state index contributed by atoms with van der Waals surface area (Å²) in [5, 5.41) is 21.6. The van der Waals surface area contributed by atoms with E-state index in [0.717, 1.165) is 0 Å². The number of nitrogens with one attached hydrogen (secondary N) is 1. The average molecular weight is 413 g/mol. The first-order valence-corrected chi connectivity index (χ1v) is 9.85. The molecule has 6 atom stereocenters. The van der Waals surface area contributed by atoms with Gasteiger partial charge in [-0.15, -0.1) is 0 Å². The molecule has 0 spiro atoms. The Morgan fingerprint density at radius 2 is 1.72 bits per heavy atom. The van der Waals surface area contributed by atoms with Gasteiger partial charge in [0.05, 0.1) is 18.1 Å². The van der Waals surface area contributed by atoms with Gasteiger partial charge < -0.3 is 36.8 Å². The zero-order valence-corrected chi connectivity index (χ0v) is 16.8. The number of nitrogens with two attached hydrogens (primary N) is 2. The number of likely N-dealkylation sites (tertiary alicyclic amines) is 2. The predicted octanol–water partition coefficient (Wildman–Crippen LogP) is -3.12. The third kappa shape index (κ3) is 5.22. The Morgan fingerprint density at radius 1 is 1.07 bits per heavy atom. The van der Waals surface area contributed by atoms with Gasteiger partial charge in [-0.1, -0.05) is 0 Å². The van der Waals surface area contributed by atoms with Crippen LogP contribution in [-0.2, 0) is 19.2 Å². The van der Waals surface area contributed by atoms with E-state index in [4.69, 9.17) is 11.5 Å². The smallest absolute Gasteiger partial charge is 0.245 e. The van der Waals surface area contributed by atoms with Crippen molar-refractivity contribution in [3.8, 4) is 0 Å². The third-order valence-electron chi connectivity index (χ3n) is 5.58. The lowest BCUT2D eigenvalue weighted by Crippen LogP contribution is -2.55. The summed E-state index contributed by atoms with van der Waals surface area (Å²) < 4.78 is 0. The molecule has 29 heavy (non-hydrogen) atoms. The quantitative estimate of drug-likeness (QED) is 0.293. The summed E-state index contributed by atoms with van der Waals surface area (Å²) in [6.07, 6.45) is -0.605. The van der Waals surface area contributed by atoms with Crippen molar-refractivity contribution in [1.29, 1.82) is 0 Å². The molecule has 11 heteroatoms. The fourth-order valence-corrected chi connectivity index (χ4v) is 3.77. The number of hydrogen-bond acceptors (Lipinski definition) is 7. The second-order valence-electron chi connectivity index (χ2n) is 7.86. The number of hydrogen-bond donors (Lipinski definition) is 5. The average Bonchev–Trinajstić information content (AvgIpc) is 3.32. The number of carbonyl (C=O) groups is 4. The Labute approximate surface area is 169 Å². The predicted molar refractivity (Wildman–Crippen MR) is 102 cm³/mol. The minimum atomic E-state index is -1.20. The number of amides is 4. The largest absolute Gasteiger partial charge is 0.391 e. The molecule has 0 saturated carbocycles. The summed E-state index contributed by atoms with van der Waals surface area (Å²) in [5.74, 6) is -2.56. The van der Waals surface area contributed by atoms with Gasteiger partial charge >= 0.3 is 0 Å². The Morgan fingerprint density at radius 3 is 2.28 bits per heavy atom. The molecule has 2 rings (SSSR count). The summed E-state index contributed by atoms with van der Waals surface area (Å²) in [6.45, 7) is 3.66. The number of primary amides is 1. The van der Waals surface area contributed by atoms with Crippen molar-refractivity contribution in [1.82, 2.24) is 15.1 Å². The molecule has 0 aromatic rings. The minimum absolute atomic E-state index is 0.150. The molecular formula is C18H31N5O6. The van der Waals surface area contributed by atoms with Gasteiger partial charge in [0, 0.05) is 19.6 Å². The van der Waals surface area contributed by atoms with E-state index in [0.29, 0.717) is 32.4 Å². The highest BCUT2D eigenvalue weighted by Gasteiger charge is 2.42. The number of aliphatic hydroxyl groups excluding tert-OH is 2. The number of carbonyl (C=O) groups excluding carboxylic acids is 4. The van der Waals surface area contributed by atoms with Gasteiger partial charge in [0.15, 0.2) is 0 Å². The van der Waals surface area contributed by atoms with Crippen LogP contribution in [-0.4, -0.2) is 93.6 Å². The van der Waals surface area contributed by atoms with Crippen molar-refractivity contribution in [2.24, 2.45) is 17.4 Å². The first-order chi connectivity index (χ1) is 13.5. The van der Waals surface area contributed by atoms with Crippen LogP contribution in [0.25, 0.3) is 0 Å². The van der Waals surface area contributed by atoms with E-state index < -0.39 is 54.0 Å². The van der Waals surface area contributed by atoms with Gasteiger partial charge in [-0.2, -0.15) is 0 Å². The SMILES string of the molecule is C[C@@H](O)C(NC(=O)[C@@H]1CCN(C(=O)[C@@H]2CCCN2C(=O)[C@@H](N)[C@@H](C)O)C1)C(N)=O. The Bertz CT molecular complexity index is 655. The zero-order chi connectivity index (χ0) is 21.9. The summed E-state index contributed by atoms with van der Waals surface area (Å²) in [5.41, 5.74) is 10.9. The van der Waals surface area contributed by atoms with Crippen LogP contribution >= 0.6 is 0 Å². The summed E-state index contributed by atoms with van der Waals surface area (Å²) >= 11 is 0. The number of rotatable bonds is 7. The van der Waals surface area contributed by atoms with E-state index in [1.165, 1.54) is 23.6 Å². The van der Waals surface area contributed by atoms with Gasteiger partial charge in [0.25, 0.3) is 0 Å². The standard InChI is InChI=1S/C18H31N5O6/c1-9(24)13(19)18(29)23-6-3-4-12(23)17(28)22-7-5-11(8-22)16(27)21-14(10(2)25)15(20)26/h9-14,24-25H,3-8,19H2,1-2H3,(H2,20,26)(H,21,27)/t9-,10-,11-,12+,13+,14?/m1/s1. The summed E-state index contributed by atoms with van der Waals surface area (Å²) in [6, 6.07) is -2.95. The van der Waals surface area contributed by atoms with Crippen LogP contribution in [0.2, 0.25) is 0 Å². The van der Waals surface area contributed by atoms with E-state index in [2.05, 4.69) is 5.32 Å². The normalized spacial score (nSPS) is 26.0. The van der Waals surface area contributed by atoms with Crippen LogP contribution in [0.3, 0.4) is 0 Å². The molecule has 0 aliphatic carbocycles. The van der Waals surface area contributed by atoms with E-state index in [9.17, 15) is 29.4 Å². The Balaban J connectivity index is 1.98. The van der Waals surface area contributed by atoms with Crippen molar-refractivity contribution < 1.29 is 29.4 Å². The van der Waals surface area contributed by atoms with Gasteiger partial charge in [-0.25, -0.2) is 0 Å². The highest BCUT2D eigenvalue weighted by molar-refractivity contribution is 5.92. The minimum Gasteiger partial charge on any atom is -0.391 e. The molecule has 11 nitrogen and oxygen atoms in total. The van der Waals surface area contributed by atoms with Crippen molar-refractivity contribution in [3.05, 3.63) is 0 Å². The van der Waals surface area contributed by atoms with Crippen molar-refractivity contribution in [3.63, 3.8) is 0 Å². The monoisotopic (exact) mass is 413 g/mol. The molecule has 2 fully saturated rings. The van der Waals surface area contributed by atoms with Crippen molar-refractivity contribution >= 4 is 23.6 Å². The second kappa shape index (κ2) is 9.51. The molecule has 2 aliphatic rings. The fraction of sp³-hybridized carbons (Fsp3) is 0.778. The number of aliphatic hydroxyl groups is 2. The summed E-state index contributed by atoms with van der Waals surface area (Å²) in [4.78, 5) is 52.1. The molecule has 0 aromatic heterocycles. The maximum absolute atomic E-state index is 12.9. The summed E-state index contributed by atoms with van der Waals surface area (Å²) in [7, 11) is 0. The lowest BCUT2D eigenvalue weighted by atomic mass is 10.1. The maximum Gasteiger partial charge on any atom is 0.245 e. The first kappa shape index (κ1) is 23.0. The molecule has 0 aromatic carbocycles. The van der Waals surface area contributed by atoms with Crippen molar-refractivity contribution in [2.45, 2.75) is 63.4 Å². The van der Waals surface area contributed by atoms with Crippen LogP contribution in [0, 0.1) is 5.92 Å². The van der Waals surface area contributed by atoms with Gasteiger partial charge in [-0.3, -0.25) is 19.2 Å². The molecule has 7 N–H and O–H groups in total. The molecular weight excluding hydrogens is 382 g/mol. The van der Waals surface area contributed by atoms with E-state index in [1.54, 1.807) is 0 Å². The van der Waals surface area contributed by atoms with Crippen LogP contribution in [0.4, 0.5) is 0 Å². The molecule has 164 valence electrons. The molecule has 1 unspecified atom stereocenters. The number of nitrogens with zero attached hydrogens (tertiary/aromatic N) is 2. The lowest BCUT2D eigenvalue weighted by Gasteiger charge is -2.30. The Kier molecular flexibility index (Phi) is 7.55. The second-order valence-corrected chi connectivity index (χ2v) is 7.86. The van der Waals surface area contributed by atoms with Gasteiger partial charge in [0.2, 0.25) is 23.6 Å². The molecule has 2 aliphatic heterocycles. The first-order valence-electron chi connectivity index (χ1n) is 9.85. The Hall–Kier alpha value is -2.24. The molecule has 0 radical (unpaired) electrons. The molecule has 2 heterocycles. The van der Waals surface area contributed by atoms with Gasteiger partial charge in [-0.05, 0) is 33.1 Å². The third-order valence-corrected chi connectivity index (χ3v) is 5.58. The maximum atomic E-state index is 12.9. The van der Waals surface area contributed by atoms with Crippen LogP contribution in [0.15, 0.2) is 0 Å². The molecule has 4 amide bonds. The van der Waals surface area contributed by atoms with Crippen molar-refractivity contribution in [2.75, 3.05) is 19.6 Å². The lowest BCUT2D eigenvalue weighted by molar-refractivity contribution is -0.145. The fourth-order valence-electron chi connectivity index (χ4n) is 3.77. The topological polar surface area (TPSA) is 179 Å². The molecule has 2 saturated heterocycles. The van der Waals surface area contributed by atoms with E-state index in [-0.39, 0.29) is 12.5 Å². The van der Waals surface area contributed by atoms with Crippen LogP contribution in [0.5, 0.6) is 0 Å². The van der Waals surface area contributed by atoms with E-state index in [1.807, 2.05) is 0 Å². The molecule has 0 bridgehead atoms. The van der Waals surface area contributed by atoms with Gasteiger partial charge in [0.1, 0.15) is 18.1 Å². The highest BCUT2D eigenvalue weighted by atomic mass is 16.3. The highest BCUT2D eigenvalue weighted by Crippen LogP contribution is 2.24. The van der Waals surface area contributed by atoms with E-state index >= 15 is 0 Å². The zero-order valence-electron chi connectivity index (χ0n) is 16.8.